The molecule has 0 spiro atoms. The van der Waals surface area contributed by atoms with Crippen molar-refractivity contribution in [2.45, 2.75) is 26.4 Å². The Morgan fingerprint density at radius 3 is 2.20 bits per heavy atom. The minimum Gasteiger partial charge on any atom is -0.444 e. The van der Waals surface area contributed by atoms with Gasteiger partial charge in [-0.25, -0.2) is 4.79 Å². The Balaban J connectivity index is 2.26. The van der Waals surface area contributed by atoms with E-state index < -0.39 is 11.7 Å². The minimum absolute atomic E-state index is 0.212. The molecule has 0 aliphatic carbocycles. The number of ether oxygens (including phenoxy) is 1. The number of amides is 2. The first-order chi connectivity index (χ1) is 9.28. The standard InChI is InChI=1S/C14H21N3O3/c1-14(2,3)20-13(19)17-9-8-16-12(18)10-4-6-11(15)7-5-10/h4-7H,8-9,15H2,1-3H3,(H,16,18)(H,17,19). The molecular formula is C14H21N3O3. The Labute approximate surface area is 118 Å². The molecule has 0 aliphatic heterocycles. The van der Waals surface area contributed by atoms with Crippen LogP contribution in [0, 0.1) is 0 Å². The van der Waals surface area contributed by atoms with Gasteiger partial charge in [-0.15, -0.1) is 0 Å². The maximum absolute atomic E-state index is 11.7. The van der Waals surface area contributed by atoms with E-state index in [1.54, 1.807) is 45.0 Å². The van der Waals surface area contributed by atoms with E-state index in [1.807, 2.05) is 0 Å². The number of hydrogen-bond acceptors (Lipinski definition) is 4. The van der Waals surface area contributed by atoms with Crippen LogP contribution in [0.4, 0.5) is 10.5 Å². The average Bonchev–Trinajstić information content (AvgIpc) is 2.33. The summed E-state index contributed by atoms with van der Waals surface area (Å²) in [6.45, 7) is 5.98. The van der Waals surface area contributed by atoms with Gasteiger partial charge < -0.3 is 21.1 Å². The van der Waals surface area contributed by atoms with Crippen LogP contribution >= 0.6 is 0 Å². The Morgan fingerprint density at radius 1 is 1.10 bits per heavy atom. The fraction of sp³-hybridized carbons (Fsp3) is 0.429. The molecule has 0 heterocycles. The summed E-state index contributed by atoms with van der Waals surface area (Å²) in [5, 5.41) is 5.25. The summed E-state index contributed by atoms with van der Waals surface area (Å²) in [6.07, 6.45) is -0.501. The molecule has 0 aliphatic rings. The first-order valence-corrected chi connectivity index (χ1v) is 6.38. The average molecular weight is 279 g/mol. The fourth-order valence-corrected chi connectivity index (χ4v) is 1.39. The zero-order valence-corrected chi connectivity index (χ0v) is 12.0. The Morgan fingerprint density at radius 2 is 1.65 bits per heavy atom. The third-order valence-electron chi connectivity index (χ3n) is 2.25. The third kappa shape index (κ3) is 6.08. The maximum Gasteiger partial charge on any atom is 0.407 e. The van der Waals surface area contributed by atoms with Crippen LogP contribution in [-0.4, -0.2) is 30.7 Å². The number of carbonyl (C=O) groups excluding carboxylic acids is 2. The Hall–Kier alpha value is -2.24. The van der Waals surface area contributed by atoms with Crippen LogP contribution in [0.15, 0.2) is 24.3 Å². The van der Waals surface area contributed by atoms with Crippen molar-refractivity contribution in [2.75, 3.05) is 18.8 Å². The molecule has 1 rings (SSSR count). The SMILES string of the molecule is CC(C)(C)OC(=O)NCCNC(=O)c1ccc(N)cc1. The summed E-state index contributed by atoms with van der Waals surface area (Å²) in [4.78, 5) is 23.1. The molecule has 4 N–H and O–H groups in total. The molecule has 0 aromatic heterocycles. The lowest BCUT2D eigenvalue weighted by Gasteiger charge is -2.19. The van der Waals surface area contributed by atoms with Gasteiger partial charge in [0, 0.05) is 24.3 Å². The molecule has 6 nitrogen and oxygen atoms in total. The molecular weight excluding hydrogens is 258 g/mol. The molecule has 0 saturated heterocycles. The van der Waals surface area contributed by atoms with E-state index >= 15 is 0 Å². The number of anilines is 1. The highest BCUT2D eigenvalue weighted by Gasteiger charge is 2.15. The largest absolute Gasteiger partial charge is 0.444 e. The van der Waals surface area contributed by atoms with Gasteiger partial charge in [-0.2, -0.15) is 0 Å². The summed E-state index contributed by atoms with van der Waals surface area (Å²) in [7, 11) is 0. The molecule has 6 heteroatoms. The Kier molecular flexibility index (Phi) is 5.37. The predicted octanol–water partition coefficient (Wildman–Crippen LogP) is 1.52. The topological polar surface area (TPSA) is 93.5 Å². The fourth-order valence-electron chi connectivity index (χ4n) is 1.39. The number of benzene rings is 1. The van der Waals surface area contributed by atoms with Crippen LogP contribution < -0.4 is 16.4 Å². The number of nitrogen functional groups attached to an aromatic ring is 1. The summed E-state index contributed by atoms with van der Waals surface area (Å²) in [6, 6.07) is 6.61. The molecule has 0 radical (unpaired) electrons. The molecule has 20 heavy (non-hydrogen) atoms. The van der Waals surface area contributed by atoms with Crippen molar-refractivity contribution in [3.8, 4) is 0 Å². The highest BCUT2D eigenvalue weighted by atomic mass is 16.6. The van der Waals surface area contributed by atoms with Gasteiger partial charge in [0.25, 0.3) is 5.91 Å². The highest BCUT2D eigenvalue weighted by molar-refractivity contribution is 5.94. The zero-order chi connectivity index (χ0) is 15.2. The summed E-state index contributed by atoms with van der Waals surface area (Å²) in [5.41, 5.74) is 6.14. The van der Waals surface area contributed by atoms with Crippen molar-refractivity contribution in [3.05, 3.63) is 29.8 Å². The van der Waals surface area contributed by atoms with Crippen LogP contribution in [0.5, 0.6) is 0 Å². The number of nitrogens with two attached hydrogens (primary N) is 1. The van der Waals surface area contributed by atoms with E-state index in [2.05, 4.69) is 10.6 Å². The lowest BCUT2D eigenvalue weighted by Crippen LogP contribution is -2.37. The van der Waals surface area contributed by atoms with Crippen molar-refractivity contribution < 1.29 is 14.3 Å². The van der Waals surface area contributed by atoms with E-state index in [0.29, 0.717) is 24.3 Å². The number of hydrogen-bond donors (Lipinski definition) is 3. The van der Waals surface area contributed by atoms with Gasteiger partial charge in [-0.05, 0) is 45.0 Å². The van der Waals surface area contributed by atoms with E-state index in [1.165, 1.54) is 0 Å². The number of carbonyl (C=O) groups is 2. The van der Waals surface area contributed by atoms with E-state index in [0.717, 1.165) is 0 Å². The number of alkyl carbamates (subject to hydrolysis) is 1. The van der Waals surface area contributed by atoms with Gasteiger partial charge in [0.05, 0.1) is 0 Å². The van der Waals surface area contributed by atoms with Crippen LogP contribution in [-0.2, 0) is 4.74 Å². The van der Waals surface area contributed by atoms with Crippen LogP contribution in [0.3, 0.4) is 0 Å². The van der Waals surface area contributed by atoms with E-state index in [4.69, 9.17) is 10.5 Å². The molecule has 110 valence electrons. The molecule has 0 unspecified atom stereocenters. The predicted molar refractivity (Wildman–Crippen MR) is 77.4 cm³/mol. The van der Waals surface area contributed by atoms with Crippen LogP contribution in [0.1, 0.15) is 31.1 Å². The normalized spacial score (nSPS) is 10.8. The summed E-state index contributed by atoms with van der Waals surface area (Å²) >= 11 is 0. The quantitative estimate of drug-likeness (QED) is 0.575. The molecule has 0 atom stereocenters. The first-order valence-electron chi connectivity index (χ1n) is 6.38. The summed E-state index contributed by atoms with van der Waals surface area (Å²) < 4.78 is 5.07. The second kappa shape index (κ2) is 6.79. The van der Waals surface area contributed by atoms with Crippen molar-refractivity contribution in [1.29, 1.82) is 0 Å². The van der Waals surface area contributed by atoms with E-state index in [-0.39, 0.29) is 5.91 Å². The second-order valence-corrected chi connectivity index (χ2v) is 5.31. The molecule has 0 fully saturated rings. The van der Waals surface area contributed by atoms with Gasteiger partial charge >= 0.3 is 6.09 Å². The lowest BCUT2D eigenvalue weighted by molar-refractivity contribution is 0.0526. The van der Waals surface area contributed by atoms with Crippen molar-refractivity contribution >= 4 is 17.7 Å². The minimum atomic E-state index is -0.530. The number of rotatable bonds is 4. The van der Waals surface area contributed by atoms with Gasteiger partial charge in [0.2, 0.25) is 0 Å². The molecule has 0 saturated carbocycles. The smallest absolute Gasteiger partial charge is 0.407 e. The maximum atomic E-state index is 11.7. The van der Waals surface area contributed by atoms with Gasteiger partial charge in [-0.1, -0.05) is 0 Å². The highest BCUT2D eigenvalue weighted by Crippen LogP contribution is 2.06. The van der Waals surface area contributed by atoms with E-state index in [9.17, 15) is 9.59 Å². The lowest BCUT2D eigenvalue weighted by atomic mass is 10.2. The van der Waals surface area contributed by atoms with Crippen molar-refractivity contribution in [2.24, 2.45) is 0 Å². The molecule has 2 amide bonds. The van der Waals surface area contributed by atoms with Gasteiger partial charge in [-0.3, -0.25) is 4.79 Å². The van der Waals surface area contributed by atoms with Crippen molar-refractivity contribution in [1.82, 2.24) is 10.6 Å². The number of nitrogens with one attached hydrogen (secondary N) is 2. The first kappa shape index (κ1) is 15.8. The van der Waals surface area contributed by atoms with Gasteiger partial charge in [0.15, 0.2) is 0 Å². The van der Waals surface area contributed by atoms with Crippen molar-refractivity contribution in [3.63, 3.8) is 0 Å². The third-order valence-corrected chi connectivity index (χ3v) is 2.25. The Bertz CT molecular complexity index is 464. The monoisotopic (exact) mass is 279 g/mol. The molecule has 0 bridgehead atoms. The summed E-state index contributed by atoms with van der Waals surface area (Å²) in [5.74, 6) is -0.212. The zero-order valence-electron chi connectivity index (χ0n) is 12.0. The van der Waals surface area contributed by atoms with Crippen LogP contribution in [0.2, 0.25) is 0 Å². The molecule has 1 aromatic rings. The van der Waals surface area contributed by atoms with Gasteiger partial charge in [0.1, 0.15) is 5.60 Å². The molecule has 1 aromatic carbocycles. The van der Waals surface area contributed by atoms with Crippen LogP contribution in [0.25, 0.3) is 0 Å². The second-order valence-electron chi connectivity index (χ2n) is 5.31.